The van der Waals surface area contributed by atoms with E-state index in [1.54, 1.807) is 0 Å². The molecule has 0 aromatic heterocycles. The van der Waals surface area contributed by atoms with Crippen molar-refractivity contribution in [2.45, 2.75) is 45.1 Å². The molecule has 1 atom stereocenters. The number of hydrogen-bond acceptors (Lipinski definition) is 5. The largest absolute Gasteiger partial charge is 0.456 e. The molecule has 0 aliphatic carbocycles. The number of carbonyl (C=O) groups excluding carboxylic acids is 1. The highest BCUT2D eigenvalue weighted by molar-refractivity contribution is 5.97. The average Bonchev–Trinajstić information content (AvgIpc) is 3.21. The van der Waals surface area contributed by atoms with Gasteiger partial charge in [0.2, 0.25) is 0 Å². The minimum atomic E-state index is -1.07. The van der Waals surface area contributed by atoms with Crippen molar-refractivity contribution in [3.63, 3.8) is 0 Å². The summed E-state index contributed by atoms with van der Waals surface area (Å²) in [5.41, 5.74) is 7.50. The second kappa shape index (κ2) is 9.19. The van der Waals surface area contributed by atoms with E-state index in [2.05, 4.69) is 74.3 Å². The molecule has 0 bridgehead atoms. The number of carbonyl (C=O) groups is 1. The summed E-state index contributed by atoms with van der Waals surface area (Å²) >= 11 is 0. The number of nitrogens with zero attached hydrogens (tertiary/aromatic N) is 1. The Morgan fingerprint density at radius 2 is 1.46 bits per heavy atom. The first kappa shape index (κ1) is 25.1. The first-order valence-corrected chi connectivity index (χ1v) is 13.6. The maximum atomic E-state index is 13.3. The monoisotopic (exact) mass is 518 g/mol. The highest BCUT2D eigenvalue weighted by Crippen LogP contribution is 2.58. The lowest BCUT2D eigenvalue weighted by Gasteiger charge is -2.38. The molecule has 1 N–H and O–H groups in total. The number of rotatable bonds is 5. The highest BCUT2D eigenvalue weighted by Gasteiger charge is 2.54. The van der Waals surface area contributed by atoms with E-state index in [9.17, 15) is 4.79 Å². The number of ether oxygens (including phenoxy) is 2. The normalized spacial score (nSPS) is 17.0. The van der Waals surface area contributed by atoms with Crippen LogP contribution in [0.4, 0.5) is 17.1 Å². The molecule has 4 aromatic carbocycles. The van der Waals surface area contributed by atoms with Crippen LogP contribution in [0.5, 0.6) is 11.5 Å². The Bertz CT molecular complexity index is 1590. The van der Waals surface area contributed by atoms with E-state index >= 15 is 0 Å². The summed E-state index contributed by atoms with van der Waals surface area (Å²) in [6.45, 7) is 8.79. The molecular formula is C34H34N2O3. The molecule has 39 heavy (non-hydrogen) atoms. The zero-order chi connectivity index (χ0) is 27.5. The number of nitrogens with one attached hydrogen (secondary N) is 1. The topological polar surface area (TPSA) is 50.8 Å². The fourth-order valence-corrected chi connectivity index (χ4v) is 5.96. The van der Waals surface area contributed by atoms with E-state index in [0.29, 0.717) is 17.2 Å². The Balaban J connectivity index is 1.54. The minimum absolute atomic E-state index is 0.222. The second-order valence-electron chi connectivity index (χ2n) is 11.3. The molecule has 2 heterocycles. The lowest BCUT2D eigenvalue weighted by atomic mass is 9.75. The van der Waals surface area contributed by atoms with Gasteiger partial charge in [-0.3, -0.25) is 0 Å². The molecule has 0 saturated heterocycles. The van der Waals surface area contributed by atoms with Gasteiger partial charge >= 0.3 is 5.97 Å². The Morgan fingerprint density at radius 3 is 2.15 bits per heavy atom. The van der Waals surface area contributed by atoms with E-state index in [1.165, 1.54) is 5.56 Å². The summed E-state index contributed by atoms with van der Waals surface area (Å²) in [4.78, 5) is 15.3. The van der Waals surface area contributed by atoms with Crippen LogP contribution in [0.1, 0.15) is 77.7 Å². The minimum Gasteiger partial charge on any atom is -0.456 e. The van der Waals surface area contributed by atoms with Crippen molar-refractivity contribution in [2.24, 2.45) is 0 Å². The predicted octanol–water partition coefficient (Wildman–Crippen LogP) is 8.31. The molecule has 2 aliphatic heterocycles. The van der Waals surface area contributed by atoms with Crippen molar-refractivity contribution in [3.8, 4) is 11.5 Å². The number of hydrogen-bond donors (Lipinski definition) is 1. The van der Waals surface area contributed by atoms with Crippen molar-refractivity contribution in [1.82, 2.24) is 0 Å². The third-order valence-corrected chi connectivity index (χ3v) is 7.83. The zero-order valence-electron chi connectivity index (χ0n) is 23.3. The van der Waals surface area contributed by atoms with Gasteiger partial charge in [0.25, 0.3) is 0 Å². The quantitative estimate of drug-likeness (QED) is 0.269. The van der Waals surface area contributed by atoms with Crippen LogP contribution < -0.4 is 15.0 Å². The van der Waals surface area contributed by atoms with Crippen LogP contribution in [-0.4, -0.2) is 20.1 Å². The van der Waals surface area contributed by atoms with Gasteiger partial charge in [0.05, 0.1) is 5.56 Å². The van der Waals surface area contributed by atoms with E-state index in [-0.39, 0.29) is 11.9 Å². The maximum Gasteiger partial charge on any atom is 0.340 e. The first-order chi connectivity index (χ1) is 18.7. The molecular weight excluding hydrogens is 484 g/mol. The summed E-state index contributed by atoms with van der Waals surface area (Å²) in [6, 6.07) is 26.3. The predicted molar refractivity (Wildman–Crippen MR) is 157 cm³/mol. The summed E-state index contributed by atoms with van der Waals surface area (Å²) in [5.74, 6) is 1.71. The second-order valence-corrected chi connectivity index (χ2v) is 11.3. The van der Waals surface area contributed by atoms with Crippen LogP contribution in [0.3, 0.4) is 0 Å². The Labute approximate surface area is 230 Å². The Hall–Kier alpha value is -4.25. The van der Waals surface area contributed by atoms with Crippen molar-refractivity contribution in [2.75, 3.05) is 24.3 Å². The molecule has 198 valence electrons. The zero-order valence-corrected chi connectivity index (χ0v) is 23.3. The van der Waals surface area contributed by atoms with Gasteiger partial charge in [0.15, 0.2) is 5.60 Å². The summed E-state index contributed by atoms with van der Waals surface area (Å²) in [5, 5.41) is 3.51. The average molecular weight is 519 g/mol. The van der Waals surface area contributed by atoms with Gasteiger partial charge in [-0.1, -0.05) is 58.0 Å². The van der Waals surface area contributed by atoms with Gasteiger partial charge in [0.1, 0.15) is 11.5 Å². The number of esters is 1. The Kier molecular flexibility index (Phi) is 5.91. The molecule has 0 amide bonds. The van der Waals surface area contributed by atoms with Gasteiger partial charge in [-0.05, 0) is 59.9 Å². The highest BCUT2D eigenvalue weighted by atomic mass is 16.6. The van der Waals surface area contributed by atoms with Crippen molar-refractivity contribution >= 4 is 23.0 Å². The van der Waals surface area contributed by atoms with Crippen LogP contribution in [0, 0.1) is 0 Å². The van der Waals surface area contributed by atoms with Crippen LogP contribution in [-0.2, 0) is 10.3 Å². The van der Waals surface area contributed by atoms with E-state index in [4.69, 9.17) is 9.47 Å². The Morgan fingerprint density at radius 1 is 0.769 bits per heavy atom. The van der Waals surface area contributed by atoms with Crippen molar-refractivity contribution in [1.29, 1.82) is 0 Å². The SMILES string of the molecule is CC(C)c1ccc2c(c1C(C)C)Oc1cc(Nc3ccc(N(C)C)cc3)ccc1C21OC(=O)c2ccccc21. The lowest BCUT2D eigenvalue weighted by Crippen LogP contribution is -2.33. The van der Waals surface area contributed by atoms with Gasteiger partial charge in [-0.25, -0.2) is 4.79 Å². The van der Waals surface area contributed by atoms with Crippen LogP contribution >= 0.6 is 0 Å². The van der Waals surface area contributed by atoms with Gasteiger partial charge in [-0.15, -0.1) is 0 Å². The fraction of sp³-hybridized carbons (Fsp3) is 0.265. The number of fused-ring (bicyclic) bond motifs is 6. The van der Waals surface area contributed by atoms with Gasteiger partial charge in [-0.2, -0.15) is 0 Å². The van der Waals surface area contributed by atoms with E-state index in [0.717, 1.165) is 45.1 Å². The molecule has 6 rings (SSSR count). The van der Waals surface area contributed by atoms with Crippen LogP contribution in [0.2, 0.25) is 0 Å². The third kappa shape index (κ3) is 3.87. The van der Waals surface area contributed by atoms with Crippen molar-refractivity contribution < 1.29 is 14.3 Å². The number of anilines is 3. The molecule has 0 saturated carbocycles. The first-order valence-electron chi connectivity index (χ1n) is 13.6. The fourth-order valence-electron chi connectivity index (χ4n) is 5.96. The third-order valence-electron chi connectivity index (χ3n) is 7.83. The molecule has 5 nitrogen and oxygen atoms in total. The molecule has 5 heteroatoms. The summed E-state index contributed by atoms with van der Waals surface area (Å²) in [7, 11) is 4.06. The van der Waals surface area contributed by atoms with E-state index in [1.807, 2.05) is 56.6 Å². The van der Waals surface area contributed by atoms with Gasteiger partial charge in [0, 0.05) is 59.5 Å². The smallest absolute Gasteiger partial charge is 0.340 e. The maximum absolute atomic E-state index is 13.3. The molecule has 1 spiro atoms. The molecule has 2 aliphatic rings. The van der Waals surface area contributed by atoms with Crippen LogP contribution in [0.25, 0.3) is 0 Å². The standard InChI is InChI=1S/C34H34N2O3/c1-20(2)25-16-18-29-32(31(25)21(3)4)38-30-19-23(35-22-11-14-24(15-12-22)36(5)6)13-17-28(30)34(29)27-10-8-7-9-26(27)33(37)39-34/h7-21,35H,1-6H3. The molecule has 0 radical (unpaired) electrons. The van der Waals surface area contributed by atoms with Gasteiger partial charge < -0.3 is 19.7 Å². The molecule has 4 aromatic rings. The van der Waals surface area contributed by atoms with Crippen LogP contribution in [0.15, 0.2) is 78.9 Å². The lowest BCUT2D eigenvalue weighted by molar-refractivity contribution is 0.0223. The molecule has 1 unspecified atom stereocenters. The molecule has 0 fully saturated rings. The number of benzene rings is 4. The van der Waals surface area contributed by atoms with Crippen molar-refractivity contribution in [3.05, 3.63) is 112 Å². The summed E-state index contributed by atoms with van der Waals surface area (Å²) in [6.07, 6.45) is 0. The van der Waals surface area contributed by atoms with E-state index < -0.39 is 5.60 Å². The summed E-state index contributed by atoms with van der Waals surface area (Å²) < 4.78 is 13.2.